The van der Waals surface area contributed by atoms with E-state index < -0.39 is 6.10 Å². The molecule has 4 rings (SSSR count). The number of nitrogens with zero attached hydrogens (tertiary/aromatic N) is 4. The van der Waals surface area contributed by atoms with Gasteiger partial charge in [0.25, 0.3) is 5.91 Å². The lowest BCUT2D eigenvalue weighted by molar-refractivity contribution is -0.129. The number of nitrogens with one attached hydrogen (secondary N) is 2. The standard InChI is InChI=1S/C25H34N6O3/c1-17-4-3-5-19-14-30(9-8-22(17)19)15-21(33)13-26-25(34)23-12-24(28-16-27-23)29-20-6-10-31(11-7-20)18(2)32/h3-5,12,16,20-21,33H,6-11,13-15H2,1-2H3,(H,26,34)(H,27,28,29). The Labute approximate surface area is 200 Å². The van der Waals surface area contributed by atoms with Crippen LogP contribution < -0.4 is 10.6 Å². The van der Waals surface area contributed by atoms with Crippen LogP contribution in [0.5, 0.6) is 0 Å². The van der Waals surface area contributed by atoms with Crippen LogP contribution >= 0.6 is 0 Å². The molecule has 1 aromatic heterocycles. The Morgan fingerprint density at radius 3 is 2.76 bits per heavy atom. The highest BCUT2D eigenvalue weighted by Gasteiger charge is 2.22. The molecule has 0 aliphatic carbocycles. The van der Waals surface area contributed by atoms with Gasteiger partial charge in [0, 0.05) is 58.3 Å². The van der Waals surface area contributed by atoms with Gasteiger partial charge in [-0.3, -0.25) is 14.5 Å². The number of anilines is 1. The van der Waals surface area contributed by atoms with E-state index in [1.807, 2.05) is 4.90 Å². The van der Waals surface area contributed by atoms with Gasteiger partial charge in [-0.25, -0.2) is 9.97 Å². The number of carbonyl (C=O) groups excluding carboxylic acids is 2. The molecule has 9 nitrogen and oxygen atoms in total. The van der Waals surface area contributed by atoms with Crippen molar-refractivity contribution in [2.75, 3.05) is 38.0 Å². The van der Waals surface area contributed by atoms with Crippen LogP contribution in [0.15, 0.2) is 30.6 Å². The first kappa shape index (κ1) is 24.1. The molecule has 1 unspecified atom stereocenters. The SMILES string of the molecule is CC(=O)N1CCC(Nc2cc(C(=O)NCC(O)CN3CCc4c(C)cccc4C3)ncn2)CC1. The van der Waals surface area contributed by atoms with Crippen molar-refractivity contribution in [1.82, 2.24) is 25.1 Å². The largest absolute Gasteiger partial charge is 0.390 e. The molecular weight excluding hydrogens is 432 g/mol. The average Bonchev–Trinajstić information content (AvgIpc) is 2.83. The minimum absolute atomic E-state index is 0.0989. The molecule has 1 fully saturated rings. The molecule has 1 aromatic carbocycles. The first-order valence-corrected chi connectivity index (χ1v) is 12.0. The van der Waals surface area contributed by atoms with Gasteiger partial charge in [-0.05, 0) is 42.9 Å². The molecule has 34 heavy (non-hydrogen) atoms. The predicted octanol–water partition coefficient (Wildman–Crippen LogP) is 1.36. The number of hydrogen-bond acceptors (Lipinski definition) is 7. The molecule has 1 saturated heterocycles. The summed E-state index contributed by atoms with van der Waals surface area (Å²) >= 11 is 0. The van der Waals surface area contributed by atoms with Crippen LogP contribution in [0, 0.1) is 6.92 Å². The van der Waals surface area contributed by atoms with Crippen molar-refractivity contribution >= 4 is 17.6 Å². The summed E-state index contributed by atoms with van der Waals surface area (Å²) in [6.45, 7) is 7.53. The van der Waals surface area contributed by atoms with Crippen molar-refractivity contribution in [2.45, 2.75) is 51.8 Å². The zero-order valence-electron chi connectivity index (χ0n) is 20.0. The summed E-state index contributed by atoms with van der Waals surface area (Å²) in [7, 11) is 0. The third kappa shape index (κ3) is 6.09. The summed E-state index contributed by atoms with van der Waals surface area (Å²) in [6.07, 6.45) is 3.34. The van der Waals surface area contributed by atoms with Gasteiger partial charge in [-0.2, -0.15) is 0 Å². The summed E-state index contributed by atoms with van der Waals surface area (Å²) < 4.78 is 0. The number of fused-ring (bicyclic) bond motifs is 1. The number of likely N-dealkylation sites (tertiary alicyclic amines) is 1. The maximum absolute atomic E-state index is 12.6. The molecule has 3 N–H and O–H groups in total. The van der Waals surface area contributed by atoms with Gasteiger partial charge in [0.15, 0.2) is 0 Å². The summed E-state index contributed by atoms with van der Waals surface area (Å²) in [5.41, 5.74) is 4.31. The van der Waals surface area contributed by atoms with Crippen LogP contribution in [0.2, 0.25) is 0 Å². The number of aliphatic hydroxyl groups is 1. The molecule has 2 aliphatic rings. The smallest absolute Gasteiger partial charge is 0.270 e. The molecule has 3 heterocycles. The van der Waals surface area contributed by atoms with Crippen LogP contribution in [-0.2, 0) is 17.8 Å². The fraction of sp³-hybridized carbons (Fsp3) is 0.520. The van der Waals surface area contributed by atoms with E-state index in [1.165, 1.54) is 23.0 Å². The first-order chi connectivity index (χ1) is 16.4. The number of amides is 2. The molecule has 0 spiro atoms. The van der Waals surface area contributed by atoms with Gasteiger partial charge in [0.1, 0.15) is 17.8 Å². The summed E-state index contributed by atoms with van der Waals surface area (Å²) in [4.78, 5) is 36.5. The number of hydrogen-bond donors (Lipinski definition) is 3. The van der Waals surface area contributed by atoms with Crippen LogP contribution in [0.4, 0.5) is 5.82 Å². The Balaban J connectivity index is 1.24. The molecule has 2 aliphatic heterocycles. The van der Waals surface area contributed by atoms with E-state index in [4.69, 9.17) is 0 Å². The van der Waals surface area contributed by atoms with Crippen LogP contribution in [0.25, 0.3) is 0 Å². The number of β-amino-alcohol motifs (C(OH)–C–C–N with tert-alkyl or cyclic N) is 1. The maximum atomic E-state index is 12.6. The predicted molar refractivity (Wildman–Crippen MR) is 129 cm³/mol. The normalized spacial score (nSPS) is 17.7. The number of piperidine rings is 1. The second kappa shape index (κ2) is 10.9. The quantitative estimate of drug-likeness (QED) is 0.565. The van der Waals surface area contributed by atoms with Crippen molar-refractivity contribution in [3.8, 4) is 0 Å². The van der Waals surface area contributed by atoms with Gasteiger partial charge in [0.05, 0.1) is 6.10 Å². The zero-order chi connectivity index (χ0) is 24.1. The average molecular weight is 467 g/mol. The van der Waals surface area contributed by atoms with Crippen molar-refractivity contribution in [3.05, 3.63) is 53.0 Å². The fourth-order valence-corrected chi connectivity index (χ4v) is 4.79. The third-order valence-corrected chi connectivity index (χ3v) is 6.74. The zero-order valence-corrected chi connectivity index (χ0v) is 20.0. The fourth-order valence-electron chi connectivity index (χ4n) is 4.79. The van der Waals surface area contributed by atoms with E-state index in [-0.39, 0.29) is 30.1 Å². The van der Waals surface area contributed by atoms with Crippen LogP contribution in [-0.4, -0.2) is 81.6 Å². The number of benzene rings is 1. The minimum Gasteiger partial charge on any atom is -0.390 e. The highest BCUT2D eigenvalue weighted by Crippen LogP contribution is 2.22. The van der Waals surface area contributed by atoms with E-state index in [0.29, 0.717) is 25.5 Å². The van der Waals surface area contributed by atoms with E-state index in [2.05, 4.69) is 50.6 Å². The highest BCUT2D eigenvalue weighted by atomic mass is 16.3. The second-order valence-corrected chi connectivity index (χ2v) is 9.27. The van der Waals surface area contributed by atoms with Gasteiger partial charge in [0.2, 0.25) is 5.91 Å². The lowest BCUT2D eigenvalue weighted by atomic mass is 9.95. The minimum atomic E-state index is -0.666. The van der Waals surface area contributed by atoms with Gasteiger partial charge < -0.3 is 20.6 Å². The molecule has 182 valence electrons. The van der Waals surface area contributed by atoms with Crippen molar-refractivity contribution in [2.24, 2.45) is 0 Å². The van der Waals surface area contributed by atoms with Crippen molar-refractivity contribution in [1.29, 1.82) is 0 Å². The Morgan fingerprint density at radius 2 is 2.00 bits per heavy atom. The molecule has 1 atom stereocenters. The second-order valence-electron chi connectivity index (χ2n) is 9.27. The number of rotatable bonds is 7. The number of aryl methyl sites for hydroxylation is 1. The first-order valence-electron chi connectivity index (χ1n) is 12.0. The molecule has 0 radical (unpaired) electrons. The van der Waals surface area contributed by atoms with Crippen molar-refractivity contribution in [3.63, 3.8) is 0 Å². The molecule has 0 saturated carbocycles. The Bertz CT molecular complexity index is 1020. The number of aromatic nitrogens is 2. The Kier molecular flexibility index (Phi) is 7.74. The number of carbonyl (C=O) groups is 2. The molecule has 2 aromatic rings. The topological polar surface area (TPSA) is 111 Å². The van der Waals surface area contributed by atoms with Gasteiger partial charge >= 0.3 is 0 Å². The van der Waals surface area contributed by atoms with Crippen LogP contribution in [0.3, 0.4) is 0 Å². The summed E-state index contributed by atoms with van der Waals surface area (Å²) in [5, 5.41) is 16.6. The number of aliphatic hydroxyl groups excluding tert-OH is 1. The lowest BCUT2D eigenvalue weighted by Gasteiger charge is -2.32. The van der Waals surface area contributed by atoms with E-state index >= 15 is 0 Å². The molecule has 0 bridgehead atoms. The lowest BCUT2D eigenvalue weighted by Crippen LogP contribution is -2.42. The Hall–Kier alpha value is -3.04. The molecule has 9 heteroatoms. The summed E-state index contributed by atoms with van der Waals surface area (Å²) in [6, 6.07) is 8.19. The van der Waals surface area contributed by atoms with E-state index in [9.17, 15) is 14.7 Å². The third-order valence-electron chi connectivity index (χ3n) is 6.74. The summed E-state index contributed by atoms with van der Waals surface area (Å²) in [5.74, 6) is 0.349. The maximum Gasteiger partial charge on any atom is 0.270 e. The highest BCUT2D eigenvalue weighted by molar-refractivity contribution is 5.92. The van der Waals surface area contributed by atoms with E-state index in [1.54, 1.807) is 13.0 Å². The van der Waals surface area contributed by atoms with Gasteiger partial charge in [-0.15, -0.1) is 0 Å². The van der Waals surface area contributed by atoms with Crippen LogP contribution in [0.1, 0.15) is 46.9 Å². The molecular formula is C25H34N6O3. The monoisotopic (exact) mass is 466 g/mol. The molecule has 2 amide bonds. The van der Waals surface area contributed by atoms with Gasteiger partial charge in [-0.1, -0.05) is 18.2 Å². The Morgan fingerprint density at radius 1 is 1.21 bits per heavy atom. The van der Waals surface area contributed by atoms with Crippen molar-refractivity contribution < 1.29 is 14.7 Å². The van der Waals surface area contributed by atoms with E-state index in [0.717, 1.165) is 32.4 Å².